The van der Waals surface area contributed by atoms with E-state index in [2.05, 4.69) is 25.7 Å². The molecule has 27 heavy (non-hydrogen) atoms. The van der Waals surface area contributed by atoms with Crippen molar-refractivity contribution in [3.8, 4) is 11.1 Å². The Bertz CT molecular complexity index is 800. The van der Waals surface area contributed by atoms with Gasteiger partial charge in [-0.3, -0.25) is 14.7 Å². The minimum absolute atomic E-state index is 0.178. The molecular formula is C20H23BrN2O4. The first-order valence-corrected chi connectivity index (χ1v) is 9.22. The van der Waals surface area contributed by atoms with Gasteiger partial charge in [-0.15, -0.1) is 0 Å². The van der Waals surface area contributed by atoms with Crippen LogP contribution in [0.15, 0.2) is 47.2 Å². The van der Waals surface area contributed by atoms with Crippen LogP contribution in [0.3, 0.4) is 0 Å². The normalized spacial score (nSPS) is 11.0. The highest BCUT2D eigenvalue weighted by Gasteiger charge is 2.24. The first-order valence-electron chi connectivity index (χ1n) is 8.42. The van der Waals surface area contributed by atoms with Gasteiger partial charge in [0, 0.05) is 29.0 Å². The smallest absolute Gasteiger partial charge is 0.411 e. The second kappa shape index (κ2) is 8.99. The molecule has 144 valence electrons. The molecule has 0 unspecified atom stereocenters. The average molecular weight is 435 g/mol. The number of ether oxygens (including phenoxy) is 2. The Morgan fingerprint density at radius 2 is 1.78 bits per heavy atom. The molecule has 0 aliphatic carbocycles. The zero-order chi connectivity index (χ0) is 20.0. The SMILES string of the molecule is COC(=O)CN(Cc1ccc(-c2cncc(Br)c2)cc1)C(=O)OC(C)(C)C. The van der Waals surface area contributed by atoms with Gasteiger partial charge in [-0.05, 0) is 53.9 Å². The van der Waals surface area contributed by atoms with Gasteiger partial charge in [-0.2, -0.15) is 0 Å². The lowest BCUT2D eigenvalue weighted by Gasteiger charge is -2.26. The second-order valence-electron chi connectivity index (χ2n) is 7.00. The lowest BCUT2D eigenvalue weighted by Crippen LogP contribution is -2.39. The Labute approximate surface area is 167 Å². The van der Waals surface area contributed by atoms with E-state index >= 15 is 0 Å². The van der Waals surface area contributed by atoms with Crippen LogP contribution in [0.5, 0.6) is 0 Å². The number of hydrogen-bond donors (Lipinski definition) is 0. The molecule has 0 aliphatic rings. The van der Waals surface area contributed by atoms with Gasteiger partial charge in [0.1, 0.15) is 12.1 Å². The monoisotopic (exact) mass is 434 g/mol. The molecule has 7 heteroatoms. The highest BCUT2D eigenvalue weighted by molar-refractivity contribution is 9.10. The summed E-state index contributed by atoms with van der Waals surface area (Å²) in [7, 11) is 1.29. The molecular weight excluding hydrogens is 412 g/mol. The van der Waals surface area contributed by atoms with Crippen molar-refractivity contribution in [2.75, 3.05) is 13.7 Å². The van der Waals surface area contributed by atoms with Gasteiger partial charge < -0.3 is 9.47 Å². The zero-order valence-corrected chi connectivity index (χ0v) is 17.4. The Balaban J connectivity index is 2.16. The van der Waals surface area contributed by atoms with E-state index in [1.807, 2.05) is 30.3 Å². The lowest BCUT2D eigenvalue weighted by molar-refractivity contribution is -0.142. The van der Waals surface area contributed by atoms with Crippen molar-refractivity contribution < 1.29 is 19.1 Å². The first kappa shape index (κ1) is 20.9. The van der Waals surface area contributed by atoms with Gasteiger partial charge in [0.2, 0.25) is 0 Å². The molecule has 0 saturated carbocycles. The summed E-state index contributed by atoms with van der Waals surface area (Å²) in [5, 5.41) is 0. The standard InChI is InChI=1S/C20H23BrN2O4/c1-20(2,3)27-19(25)23(13-18(24)26-4)12-14-5-7-15(8-6-14)16-9-17(21)11-22-10-16/h5-11H,12-13H2,1-4H3. The van der Waals surface area contributed by atoms with Crippen LogP contribution in [0, 0.1) is 0 Å². The predicted octanol–water partition coefficient (Wildman–Crippen LogP) is 4.42. The van der Waals surface area contributed by atoms with Crippen molar-refractivity contribution in [3.05, 3.63) is 52.8 Å². The lowest BCUT2D eigenvalue weighted by atomic mass is 10.1. The molecule has 0 N–H and O–H groups in total. The molecule has 0 radical (unpaired) electrons. The fraction of sp³-hybridized carbons (Fsp3) is 0.350. The fourth-order valence-electron chi connectivity index (χ4n) is 2.32. The Morgan fingerprint density at radius 1 is 1.11 bits per heavy atom. The van der Waals surface area contributed by atoms with Crippen LogP contribution < -0.4 is 0 Å². The molecule has 0 saturated heterocycles. The van der Waals surface area contributed by atoms with Crippen LogP contribution in [0.2, 0.25) is 0 Å². The molecule has 0 bridgehead atoms. The number of aromatic nitrogens is 1. The number of amides is 1. The molecule has 2 aromatic rings. The minimum Gasteiger partial charge on any atom is -0.468 e. The third kappa shape index (κ3) is 6.67. The van der Waals surface area contributed by atoms with Crippen molar-refractivity contribution in [2.24, 2.45) is 0 Å². The highest BCUT2D eigenvalue weighted by atomic mass is 79.9. The summed E-state index contributed by atoms with van der Waals surface area (Å²) in [6.07, 6.45) is 2.95. The number of nitrogens with zero attached hydrogens (tertiary/aromatic N) is 2. The van der Waals surface area contributed by atoms with Gasteiger partial charge in [0.15, 0.2) is 0 Å². The number of benzene rings is 1. The van der Waals surface area contributed by atoms with Crippen LogP contribution >= 0.6 is 15.9 Å². The Morgan fingerprint density at radius 3 is 2.33 bits per heavy atom. The maximum absolute atomic E-state index is 12.4. The van der Waals surface area contributed by atoms with Crippen molar-refractivity contribution in [2.45, 2.75) is 32.9 Å². The van der Waals surface area contributed by atoms with Crippen molar-refractivity contribution >= 4 is 28.0 Å². The van der Waals surface area contributed by atoms with Gasteiger partial charge in [-0.1, -0.05) is 24.3 Å². The van der Waals surface area contributed by atoms with Crippen LogP contribution in [-0.4, -0.2) is 41.2 Å². The molecule has 0 aliphatic heterocycles. The third-order valence-corrected chi connectivity index (χ3v) is 4.00. The minimum atomic E-state index is -0.650. The van der Waals surface area contributed by atoms with E-state index < -0.39 is 17.7 Å². The summed E-state index contributed by atoms with van der Waals surface area (Å²) in [6, 6.07) is 9.69. The first-order chi connectivity index (χ1) is 12.7. The molecule has 1 amide bonds. The van der Waals surface area contributed by atoms with Crippen LogP contribution in [-0.2, 0) is 20.8 Å². The van der Waals surface area contributed by atoms with Gasteiger partial charge in [0.25, 0.3) is 0 Å². The van der Waals surface area contributed by atoms with Crippen LogP contribution in [0.1, 0.15) is 26.3 Å². The van der Waals surface area contributed by atoms with E-state index in [0.717, 1.165) is 21.2 Å². The number of halogens is 1. The molecule has 1 aromatic heterocycles. The van der Waals surface area contributed by atoms with E-state index in [9.17, 15) is 9.59 Å². The number of methoxy groups -OCH3 is 1. The van der Waals surface area contributed by atoms with Gasteiger partial charge in [-0.25, -0.2) is 4.79 Å². The molecule has 1 aromatic carbocycles. The van der Waals surface area contributed by atoms with E-state index in [1.165, 1.54) is 12.0 Å². The fourth-order valence-corrected chi connectivity index (χ4v) is 2.69. The number of carbonyl (C=O) groups excluding carboxylic acids is 2. The number of carbonyl (C=O) groups is 2. The van der Waals surface area contributed by atoms with Gasteiger partial charge in [0.05, 0.1) is 7.11 Å². The maximum atomic E-state index is 12.4. The maximum Gasteiger partial charge on any atom is 0.411 e. The quantitative estimate of drug-likeness (QED) is 0.651. The van der Waals surface area contributed by atoms with E-state index in [4.69, 9.17) is 4.74 Å². The summed E-state index contributed by atoms with van der Waals surface area (Å²) < 4.78 is 11.0. The number of esters is 1. The second-order valence-corrected chi connectivity index (χ2v) is 7.92. The molecule has 0 fully saturated rings. The summed E-state index contributed by atoms with van der Waals surface area (Å²) >= 11 is 3.41. The predicted molar refractivity (Wildman–Crippen MR) is 106 cm³/mol. The van der Waals surface area contributed by atoms with Crippen molar-refractivity contribution in [3.63, 3.8) is 0 Å². The molecule has 1 heterocycles. The summed E-state index contributed by atoms with van der Waals surface area (Å²) in [5.41, 5.74) is 2.21. The van der Waals surface area contributed by atoms with E-state index in [-0.39, 0.29) is 13.1 Å². The number of pyridine rings is 1. The van der Waals surface area contributed by atoms with Gasteiger partial charge >= 0.3 is 12.1 Å². The topological polar surface area (TPSA) is 68.7 Å². The largest absolute Gasteiger partial charge is 0.468 e. The van der Waals surface area contributed by atoms with E-state index in [0.29, 0.717) is 0 Å². The average Bonchev–Trinajstić information content (AvgIpc) is 2.60. The molecule has 0 spiro atoms. The summed E-state index contributed by atoms with van der Waals surface area (Å²) in [5.74, 6) is -0.502. The molecule has 2 rings (SSSR count). The number of hydrogen-bond acceptors (Lipinski definition) is 5. The highest BCUT2D eigenvalue weighted by Crippen LogP contribution is 2.22. The summed E-state index contributed by atoms with van der Waals surface area (Å²) in [6.45, 7) is 5.40. The van der Waals surface area contributed by atoms with Crippen LogP contribution in [0.25, 0.3) is 11.1 Å². The summed E-state index contributed by atoms with van der Waals surface area (Å²) in [4.78, 5) is 29.6. The molecule has 0 atom stereocenters. The Hall–Kier alpha value is -2.41. The molecule has 6 nitrogen and oxygen atoms in total. The Kier molecular flexibility index (Phi) is 6.96. The van der Waals surface area contributed by atoms with Crippen LogP contribution in [0.4, 0.5) is 4.79 Å². The van der Waals surface area contributed by atoms with Crippen molar-refractivity contribution in [1.82, 2.24) is 9.88 Å². The number of rotatable bonds is 5. The third-order valence-electron chi connectivity index (χ3n) is 3.56. The zero-order valence-electron chi connectivity index (χ0n) is 15.9. The van der Waals surface area contributed by atoms with Crippen molar-refractivity contribution in [1.29, 1.82) is 0 Å². The van der Waals surface area contributed by atoms with E-state index in [1.54, 1.807) is 33.2 Å².